The average Bonchev–Trinajstić information content (AvgIpc) is 3.06. The lowest BCUT2D eigenvalue weighted by atomic mass is 10.1. The van der Waals surface area contributed by atoms with Crippen LogP contribution in [0.1, 0.15) is 18.7 Å². The summed E-state index contributed by atoms with van der Waals surface area (Å²) < 4.78 is 4.87. The fourth-order valence-corrected chi connectivity index (χ4v) is 2.20. The van der Waals surface area contributed by atoms with Crippen molar-refractivity contribution in [3.8, 4) is 0 Å². The van der Waals surface area contributed by atoms with E-state index in [1.807, 2.05) is 0 Å². The van der Waals surface area contributed by atoms with Gasteiger partial charge in [0.05, 0.1) is 6.54 Å². The molecule has 0 spiro atoms. The van der Waals surface area contributed by atoms with Crippen molar-refractivity contribution in [2.75, 3.05) is 13.1 Å². The first kappa shape index (κ1) is 11.2. The zero-order valence-electron chi connectivity index (χ0n) is 9.83. The molecule has 0 bridgehead atoms. The molecule has 96 valence electrons. The summed E-state index contributed by atoms with van der Waals surface area (Å²) in [7, 11) is 0. The van der Waals surface area contributed by atoms with Gasteiger partial charge >= 0.3 is 0 Å². The number of carbonyl (C=O) groups excluding carboxylic acids is 2. The molecule has 18 heavy (non-hydrogen) atoms. The second-order valence-corrected chi connectivity index (χ2v) is 4.73. The molecular formula is C11H14N4O3. The summed E-state index contributed by atoms with van der Waals surface area (Å²) in [5.41, 5.74) is 0. The van der Waals surface area contributed by atoms with E-state index in [0.29, 0.717) is 24.8 Å². The first-order chi connectivity index (χ1) is 8.74. The van der Waals surface area contributed by atoms with Crippen LogP contribution in [0.25, 0.3) is 0 Å². The van der Waals surface area contributed by atoms with Crippen molar-refractivity contribution in [1.29, 1.82) is 0 Å². The van der Waals surface area contributed by atoms with Crippen LogP contribution in [0.3, 0.4) is 0 Å². The first-order valence-electron chi connectivity index (χ1n) is 6.08. The van der Waals surface area contributed by atoms with Gasteiger partial charge < -0.3 is 14.7 Å². The van der Waals surface area contributed by atoms with E-state index < -0.39 is 0 Å². The molecule has 2 fully saturated rings. The normalized spacial score (nSPS) is 24.2. The van der Waals surface area contributed by atoms with Crippen LogP contribution in [0.2, 0.25) is 0 Å². The minimum Gasteiger partial charge on any atom is -0.342 e. The monoisotopic (exact) mass is 250 g/mol. The molecule has 7 nitrogen and oxygen atoms in total. The van der Waals surface area contributed by atoms with Gasteiger partial charge in [-0.15, -0.1) is 0 Å². The Morgan fingerprint density at radius 1 is 1.44 bits per heavy atom. The maximum Gasteiger partial charge on any atom is 0.245 e. The minimum atomic E-state index is -0.325. The van der Waals surface area contributed by atoms with E-state index in [4.69, 9.17) is 4.52 Å². The number of nitrogens with zero attached hydrogens (tertiary/aromatic N) is 3. The van der Waals surface area contributed by atoms with Crippen molar-refractivity contribution in [2.45, 2.75) is 25.3 Å². The molecule has 2 amide bonds. The SMILES string of the molecule is O=C1CN(CCc2ncno2)C(=O)C(C2CC2)N1. The number of nitrogens with one attached hydrogen (secondary N) is 1. The van der Waals surface area contributed by atoms with Crippen LogP contribution in [0, 0.1) is 5.92 Å². The highest BCUT2D eigenvalue weighted by Gasteiger charge is 2.42. The summed E-state index contributed by atoms with van der Waals surface area (Å²) in [6.07, 6.45) is 3.85. The lowest BCUT2D eigenvalue weighted by Gasteiger charge is -2.32. The number of carbonyl (C=O) groups is 2. The third kappa shape index (κ3) is 2.20. The number of rotatable bonds is 4. The molecule has 3 rings (SSSR count). The molecule has 1 aliphatic carbocycles. The van der Waals surface area contributed by atoms with Crippen LogP contribution in [-0.2, 0) is 16.0 Å². The van der Waals surface area contributed by atoms with Gasteiger partial charge in [0.25, 0.3) is 0 Å². The molecule has 7 heteroatoms. The summed E-state index contributed by atoms with van der Waals surface area (Å²) in [5.74, 6) is 0.734. The third-order valence-corrected chi connectivity index (χ3v) is 3.32. The van der Waals surface area contributed by atoms with Crippen LogP contribution >= 0.6 is 0 Å². The van der Waals surface area contributed by atoms with Crippen molar-refractivity contribution >= 4 is 11.8 Å². The highest BCUT2D eigenvalue weighted by atomic mass is 16.5. The van der Waals surface area contributed by atoms with Crippen LogP contribution in [-0.4, -0.2) is 46.0 Å². The van der Waals surface area contributed by atoms with Crippen LogP contribution in [0.15, 0.2) is 10.9 Å². The van der Waals surface area contributed by atoms with Crippen molar-refractivity contribution in [3.63, 3.8) is 0 Å². The van der Waals surface area contributed by atoms with E-state index in [-0.39, 0.29) is 24.4 Å². The summed E-state index contributed by atoms with van der Waals surface area (Å²) in [5, 5.41) is 6.27. The predicted octanol–water partition coefficient (Wildman–Crippen LogP) is -0.651. The highest BCUT2D eigenvalue weighted by molar-refractivity contribution is 5.95. The van der Waals surface area contributed by atoms with Gasteiger partial charge in [0.1, 0.15) is 6.04 Å². The predicted molar refractivity (Wildman–Crippen MR) is 59.2 cm³/mol. The summed E-state index contributed by atoms with van der Waals surface area (Å²) in [6.45, 7) is 0.563. The number of aromatic nitrogens is 2. The molecule has 2 heterocycles. The van der Waals surface area contributed by atoms with Gasteiger partial charge in [-0.25, -0.2) is 0 Å². The van der Waals surface area contributed by atoms with Crippen molar-refractivity contribution in [2.24, 2.45) is 5.92 Å². The van der Waals surface area contributed by atoms with Crippen LogP contribution in [0.5, 0.6) is 0 Å². The van der Waals surface area contributed by atoms with E-state index in [0.717, 1.165) is 12.8 Å². The Hall–Kier alpha value is -1.92. The molecule has 1 saturated carbocycles. The van der Waals surface area contributed by atoms with E-state index in [2.05, 4.69) is 15.5 Å². The number of hydrogen-bond donors (Lipinski definition) is 1. The second kappa shape index (κ2) is 4.40. The maximum atomic E-state index is 12.2. The van der Waals surface area contributed by atoms with E-state index in [1.54, 1.807) is 4.90 Å². The summed E-state index contributed by atoms with van der Waals surface area (Å²) in [6, 6.07) is -0.325. The molecule has 1 saturated heterocycles. The lowest BCUT2D eigenvalue weighted by Crippen LogP contribution is -2.59. The molecule has 2 aliphatic rings. The zero-order valence-corrected chi connectivity index (χ0v) is 9.83. The first-order valence-corrected chi connectivity index (χ1v) is 6.08. The Bertz CT molecular complexity index is 455. The average molecular weight is 250 g/mol. The van der Waals surface area contributed by atoms with E-state index in [9.17, 15) is 9.59 Å². The Labute approximate surface area is 104 Å². The largest absolute Gasteiger partial charge is 0.342 e. The van der Waals surface area contributed by atoms with Gasteiger partial charge in [-0.05, 0) is 18.8 Å². The minimum absolute atomic E-state index is 0.0108. The lowest BCUT2D eigenvalue weighted by molar-refractivity contribution is -0.144. The van der Waals surface area contributed by atoms with E-state index in [1.165, 1.54) is 6.33 Å². The zero-order chi connectivity index (χ0) is 12.5. The van der Waals surface area contributed by atoms with E-state index >= 15 is 0 Å². The smallest absolute Gasteiger partial charge is 0.245 e. The second-order valence-electron chi connectivity index (χ2n) is 4.73. The standard InChI is InChI=1S/C11H14N4O3/c16-8-5-15(4-3-9-12-6-13-18-9)11(17)10(14-8)7-1-2-7/h6-7,10H,1-5H2,(H,14,16). The molecular weight excluding hydrogens is 236 g/mol. The number of hydrogen-bond acceptors (Lipinski definition) is 5. The van der Waals surface area contributed by atoms with Gasteiger partial charge in [0.2, 0.25) is 17.7 Å². The molecule has 1 N–H and O–H groups in total. The van der Waals surface area contributed by atoms with Gasteiger partial charge in [-0.3, -0.25) is 9.59 Å². The topological polar surface area (TPSA) is 88.3 Å². The summed E-state index contributed by atoms with van der Waals surface area (Å²) >= 11 is 0. The molecule has 1 unspecified atom stereocenters. The molecule has 1 aromatic heterocycles. The molecule has 1 aromatic rings. The fraction of sp³-hybridized carbons (Fsp3) is 0.636. The molecule has 0 radical (unpaired) electrons. The fourth-order valence-electron chi connectivity index (χ4n) is 2.20. The number of amides is 2. The third-order valence-electron chi connectivity index (χ3n) is 3.32. The molecule has 1 atom stereocenters. The molecule has 1 aliphatic heterocycles. The summed E-state index contributed by atoms with van der Waals surface area (Å²) in [4.78, 5) is 29.2. The Morgan fingerprint density at radius 3 is 2.94 bits per heavy atom. The van der Waals surface area contributed by atoms with Crippen molar-refractivity contribution in [3.05, 3.63) is 12.2 Å². The van der Waals surface area contributed by atoms with Crippen molar-refractivity contribution < 1.29 is 14.1 Å². The van der Waals surface area contributed by atoms with Crippen LogP contribution in [0.4, 0.5) is 0 Å². The molecule has 0 aromatic carbocycles. The Kier molecular flexibility index (Phi) is 2.73. The van der Waals surface area contributed by atoms with Gasteiger partial charge in [0, 0.05) is 13.0 Å². The van der Waals surface area contributed by atoms with Crippen LogP contribution < -0.4 is 5.32 Å². The number of piperazine rings is 1. The maximum absolute atomic E-state index is 12.2. The van der Waals surface area contributed by atoms with Crippen molar-refractivity contribution in [1.82, 2.24) is 20.4 Å². The highest BCUT2D eigenvalue weighted by Crippen LogP contribution is 2.34. The Morgan fingerprint density at radius 2 is 2.28 bits per heavy atom. The quantitative estimate of drug-likeness (QED) is 0.767. The van der Waals surface area contributed by atoms with Gasteiger partial charge in [-0.2, -0.15) is 4.98 Å². The van der Waals surface area contributed by atoms with Gasteiger partial charge in [-0.1, -0.05) is 5.16 Å². The Balaban J connectivity index is 1.62. The van der Waals surface area contributed by atoms with Gasteiger partial charge in [0.15, 0.2) is 6.33 Å².